The molecule has 2 aromatic carbocycles. The lowest BCUT2D eigenvalue weighted by atomic mass is 10.1. The molecule has 0 saturated carbocycles. The number of aromatic nitrogens is 3. The lowest BCUT2D eigenvalue weighted by molar-refractivity contribution is -0.114. The van der Waals surface area contributed by atoms with Crippen LogP contribution in [0.3, 0.4) is 0 Å². The highest BCUT2D eigenvalue weighted by Crippen LogP contribution is 2.34. The number of ether oxygens (including phenoxy) is 1. The van der Waals surface area contributed by atoms with Crippen LogP contribution in [0.2, 0.25) is 0 Å². The average Bonchev–Trinajstić information content (AvgIpc) is 3.16. The summed E-state index contributed by atoms with van der Waals surface area (Å²) in [6, 6.07) is 13.4. The second kappa shape index (κ2) is 8.31. The number of aryl methyl sites for hydroxylation is 1. The van der Waals surface area contributed by atoms with Crippen LogP contribution in [0.5, 0.6) is 5.75 Å². The van der Waals surface area contributed by atoms with E-state index in [1.54, 1.807) is 30.5 Å². The van der Waals surface area contributed by atoms with E-state index in [1.165, 1.54) is 26.2 Å². The van der Waals surface area contributed by atoms with E-state index >= 15 is 0 Å². The Labute approximate surface area is 184 Å². The smallest absolute Gasteiger partial charge is 0.261 e. The highest BCUT2D eigenvalue weighted by Gasteiger charge is 2.19. The van der Waals surface area contributed by atoms with E-state index in [9.17, 15) is 13.2 Å². The minimum Gasteiger partial charge on any atom is -0.496 e. The number of hydrogen-bond donors (Lipinski definition) is 3. The Morgan fingerprint density at radius 1 is 1.09 bits per heavy atom. The second-order valence-electron chi connectivity index (χ2n) is 7.21. The van der Waals surface area contributed by atoms with Crippen molar-refractivity contribution in [3.63, 3.8) is 0 Å². The number of carbonyl (C=O) groups excluding carboxylic acids is 1. The van der Waals surface area contributed by atoms with E-state index < -0.39 is 10.0 Å². The molecule has 0 fully saturated rings. The van der Waals surface area contributed by atoms with Crippen molar-refractivity contribution in [3.05, 3.63) is 60.3 Å². The quantitative estimate of drug-likeness (QED) is 0.410. The van der Waals surface area contributed by atoms with Gasteiger partial charge in [-0.05, 0) is 43.3 Å². The molecule has 2 heterocycles. The number of aromatic amines is 1. The minimum absolute atomic E-state index is 0.0725. The molecule has 0 atom stereocenters. The number of H-pyrrole nitrogens is 1. The van der Waals surface area contributed by atoms with Gasteiger partial charge in [0.1, 0.15) is 11.6 Å². The van der Waals surface area contributed by atoms with Gasteiger partial charge < -0.3 is 10.1 Å². The minimum atomic E-state index is -3.84. The first-order valence-electron chi connectivity index (χ1n) is 9.66. The van der Waals surface area contributed by atoms with E-state index in [2.05, 4.69) is 25.2 Å². The number of nitrogens with one attached hydrogen (secondary N) is 3. The fraction of sp³-hybridized carbons (Fsp3) is 0.136. The Balaban J connectivity index is 1.77. The predicted molar refractivity (Wildman–Crippen MR) is 122 cm³/mol. The van der Waals surface area contributed by atoms with Crippen molar-refractivity contribution in [2.45, 2.75) is 18.7 Å². The summed E-state index contributed by atoms with van der Waals surface area (Å²) in [7, 11) is -2.33. The molecule has 0 aliphatic carbocycles. The molecule has 0 unspecified atom stereocenters. The van der Waals surface area contributed by atoms with Crippen molar-refractivity contribution >= 4 is 38.5 Å². The molecule has 2 aromatic heterocycles. The van der Waals surface area contributed by atoms with Gasteiger partial charge in [-0.3, -0.25) is 14.6 Å². The maximum atomic E-state index is 13.0. The zero-order valence-electron chi connectivity index (χ0n) is 17.6. The molecule has 0 bridgehead atoms. The van der Waals surface area contributed by atoms with Crippen molar-refractivity contribution in [1.82, 2.24) is 15.2 Å². The molecular formula is C22H21N5O4S. The van der Waals surface area contributed by atoms with Crippen LogP contribution < -0.4 is 14.8 Å². The summed E-state index contributed by atoms with van der Waals surface area (Å²) in [5.74, 6) is 0.629. The summed E-state index contributed by atoms with van der Waals surface area (Å²) < 4.78 is 34.0. The maximum absolute atomic E-state index is 13.0. The summed E-state index contributed by atoms with van der Waals surface area (Å²) >= 11 is 0. The predicted octanol–water partition coefficient (Wildman–Crippen LogP) is 3.70. The second-order valence-corrected chi connectivity index (χ2v) is 8.89. The van der Waals surface area contributed by atoms with E-state index in [-0.39, 0.29) is 10.8 Å². The molecule has 3 N–H and O–H groups in total. The standard InChI is InChI=1S/C22H21N5O4S/c1-13-4-6-16(7-5-13)27-32(29,30)17-8-9-20(31-3)18(11-17)15-10-19-21(23-12-15)25-26-22(19)24-14(2)28/h4-12,27H,1-3H3,(H2,23,24,25,26,28). The molecule has 1 amide bonds. The van der Waals surface area contributed by atoms with Crippen molar-refractivity contribution in [2.75, 3.05) is 17.1 Å². The highest BCUT2D eigenvalue weighted by molar-refractivity contribution is 7.92. The van der Waals surface area contributed by atoms with Gasteiger partial charge >= 0.3 is 0 Å². The summed E-state index contributed by atoms with van der Waals surface area (Å²) in [4.78, 5) is 15.8. The van der Waals surface area contributed by atoms with Gasteiger partial charge in [-0.1, -0.05) is 17.7 Å². The molecule has 0 spiro atoms. The van der Waals surface area contributed by atoms with Gasteiger partial charge in [-0.15, -0.1) is 0 Å². The van der Waals surface area contributed by atoms with Crippen LogP contribution >= 0.6 is 0 Å². The Morgan fingerprint density at radius 2 is 1.84 bits per heavy atom. The fourth-order valence-corrected chi connectivity index (χ4v) is 4.32. The number of nitrogens with zero attached hydrogens (tertiary/aromatic N) is 2. The van der Waals surface area contributed by atoms with E-state index in [0.717, 1.165) is 5.56 Å². The van der Waals surface area contributed by atoms with Crippen LogP contribution in [-0.4, -0.2) is 36.6 Å². The molecule has 0 radical (unpaired) electrons. The number of sulfonamides is 1. The Morgan fingerprint density at radius 3 is 2.53 bits per heavy atom. The zero-order chi connectivity index (χ0) is 22.9. The van der Waals surface area contributed by atoms with E-state index in [1.807, 2.05) is 19.1 Å². The Bertz CT molecular complexity index is 1410. The SMILES string of the molecule is COc1ccc(S(=O)(=O)Nc2ccc(C)cc2)cc1-c1cnc2n[nH]c(NC(C)=O)c2c1. The maximum Gasteiger partial charge on any atom is 0.261 e. The van der Waals surface area contributed by atoms with Gasteiger partial charge in [0.05, 0.1) is 17.4 Å². The third-order valence-corrected chi connectivity index (χ3v) is 6.19. The molecule has 32 heavy (non-hydrogen) atoms. The highest BCUT2D eigenvalue weighted by atomic mass is 32.2. The first-order valence-corrected chi connectivity index (χ1v) is 11.1. The number of rotatable bonds is 6. The normalized spacial score (nSPS) is 11.3. The van der Waals surface area contributed by atoms with Crippen LogP contribution in [0.4, 0.5) is 11.5 Å². The number of fused-ring (bicyclic) bond motifs is 1. The molecule has 0 aliphatic rings. The molecule has 164 valence electrons. The number of pyridine rings is 1. The third kappa shape index (κ3) is 4.26. The number of hydrogen-bond acceptors (Lipinski definition) is 6. The summed E-state index contributed by atoms with van der Waals surface area (Å²) in [5, 5.41) is 10.1. The molecule has 4 rings (SSSR count). The van der Waals surface area contributed by atoms with Crippen molar-refractivity contribution in [2.24, 2.45) is 0 Å². The third-order valence-electron chi connectivity index (χ3n) is 4.81. The van der Waals surface area contributed by atoms with Crippen molar-refractivity contribution in [3.8, 4) is 16.9 Å². The lowest BCUT2D eigenvalue weighted by Gasteiger charge is -2.13. The number of carbonyl (C=O) groups is 1. The summed E-state index contributed by atoms with van der Waals surface area (Å²) in [5.41, 5.74) is 3.05. The number of benzene rings is 2. The lowest BCUT2D eigenvalue weighted by Crippen LogP contribution is -2.13. The van der Waals surface area contributed by atoms with Gasteiger partial charge in [0.2, 0.25) is 5.91 Å². The van der Waals surface area contributed by atoms with Gasteiger partial charge in [0.15, 0.2) is 5.65 Å². The van der Waals surface area contributed by atoms with Crippen molar-refractivity contribution < 1.29 is 17.9 Å². The number of methoxy groups -OCH3 is 1. The summed E-state index contributed by atoms with van der Waals surface area (Å²) in [6.45, 7) is 3.32. The van der Waals surface area contributed by atoms with Crippen molar-refractivity contribution in [1.29, 1.82) is 0 Å². The fourth-order valence-electron chi connectivity index (χ4n) is 3.23. The van der Waals surface area contributed by atoms with Gasteiger partial charge in [0, 0.05) is 29.9 Å². The largest absolute Gasteiger partial charge is 0.496 e. The molecule has 9 nitrogen and oxygen atoms in total. The Kier molecular flexibility index (Phi) is 5.54. The Hall–Kier alpha value is -3.92. The summed E-state index contributed by atoms with van der Waals surface area (Å²) in [6.07, 6.45) is 1.57. The topological polar surface area (TPSA) is 126 Å². The molecule has 4 aromatic rings. The molecule has 0 aliphatic heterocycles. The van der Waals surface area contributed by atoms with Crippen LogP contribution in [0.1, 0.15) is 12.5 Å². The molecular weight excluding hydrogens is 430 g/mol. The number of amides is 1. The molecule has 10 heteroatoms. The molecule has 0 saturated heterocycles. The number of anilines is 2. The zero-order valence-corrected chi connectivity index (χ0v) is 18.4. The first-order chi connectivity index (χ1) is 15.3. The first kappa shape index (κ1) is 21.3. The van der Waals surface area contributed by atoms with E-state index in [0.29, 0.717) is 39.4 Å². The van der Waals surface area contributed by atoms with Gasteiger partial charge in [-0.2, -0.15) is 5.10 Å². The van der Waals surface area contributed by atoms with Crippen LogP contribution in [0, 0.1) is 6.92 Å². The van der Waals surface area contributed by atoms with Crippen LogP contribution in [0.15, 0.2) is 59.6 Å². The van der Waals surface area contributed by atoms with Gasteiger partial charge in [0.25, 0.3) is 10.0 Å². The van der Waals surface area contributed by atoms with Crippen LogP contribution in [0.25, 0.3) is 22.2 Å². The average molecular weight is 452 g/mol. The van der Waals surface area contributed by atoms with Gasteiger partial charge in [-0.25, -0.2) is 13.4 Å². The van der Waals surface area contributed by atoms with Crippen LogP contribution in [-0.2, 0) is 14.8 Å². The monoisotopic (exact) mass is 451 g/mol. The van der Waals surface area contributed by atoms with E-state index in [4.69, 9.17) is 4.74 Å².